The van der Waals surface area contributed by atoms with Crippen molar-refractivity contribution >= 4 is 21.4 Å². The third-order valence-electron chi connectivity index (χ3n) is 4.70. The Bertz CT molecular complexity index is 1030. The molecular formula is C20H17N5S. The van der Waals surface area contributed by atoms with Crippen molar-refractivity contribution in [3.05, 3.63) is 71.4 Å². The van der Waals surface area contributed by atoms with E-state index in [4.69, 9.17) is 4.98 Å². The fourth-order valence-corrected chi connectivity index (χ4v) is 4.49. The first-order valence-electron chi connectivity index (χ1n) is 8.65. The largest absolute Gasteiger partial charge is 0.292 e. The summed E-state index contributed by atoms with van der Waals surface area (Å²) in [5.41, 5.74) is 3.22. The van der Waals surface area contributed by atoms with Gasteiger partial charge in [0.1, 0.15) is 6.33 Å². The van der Waals surface area contributed by atoms with Crippen LogP contribution < -0.4 is 0 Å². The highest BCUT2D eigenvalue weighted by Crippen LogP contribution is 2.28. The first-order chi connectivity index (χ1) is 12.8. The maximum atomic E-state index is 4.79. The number of nitrogens with zero attached hydrogens (tertiary/aromatic N) is 5. The minimum absolute atomic E-state index is 0.702. The number of hydrogen-bond donors (Lipinski definition) is 0. The van der Waals surface area contributed by atoms with Crippen LogP contribution in [0.15, 0.2) is 55.2 Å². The van der Waals surface area contributed by atoms with E-state index in [9.17, 15) is 0 Å². The number of rotatable bonds is 3. The zero-order valence-corrected chi connectivity index (χ0v) is 15.0. The predicted octanol–water partition coefficient (Wildman–Crippen LogP) is 3.71. The Morgan fingerprint density at radius 1 is 1.08 bits per heavy atom. The molecule has 5 nitrogen and oxygen atoms in total. The molecule has 1 aromatic carbocycles. The summed E-state index contributed by atoms with van der Waals surface area (Å²) in [6.45, 7) is 2.86. The van der Waals surface area contributed by atoms with Crippen LogP contribution in [0.1, 0.15) is 16.1 Å². The quantitative estimate of drug-likeness (QED) is 0.558. The molecule has 0 fully saturated rings. The summed E-state index contributed by atoms with van der Waals surface area (Å²) in [6, 6.07) is 10.9. The van der Waals surface area contributed by atoms with E-state index < -0.39 is 0 Å². The van der Waals surface area contributed by atoms with E-state index in [0.717, 1.165) is 37.3 Å². The average molecular weight is 359 g/mol. The number of hydrogen-bond acceptors (Lipinski definition) is 6. The Morgan fingerprint density at radius 2 is 1.96 bits per heavy atom. The van der Waals surface area contributed by atoms with E-state index in [0.29, 0.717) is 5.82 Å². The Kier molecular flexibility index (Phi) is 3.92. The molecular weight excluding hydrogens is 342 g/mol. The molecule has 0 radical (unpaired) electrons. The van der Waals surface area contributed by atoms with Crippen molar-refractivity contribution < 1.29 is 0 Å². The number of aromatic nitrogens is 4. The van der Waals surface area contributed by atoms with E-state index in [1.54, 1.807) is 12.4 Å². The normalized spacial score (nSPS) is 14.5. The first kappa shape index (κ1) is 15.5. The molecule has 0 unspecified atom stereocenters. The standard InChI is InChI=1S/C20H17N5S/c1-2-4-19-14(3-1)7-17(26-19)11-25-6-5-15-10-23-20(24-18(15)12-25)16-8-21-13-22-9-16/h1-4,7-10,13H,5-6,11-12H2. The summed E-state index contributed by atoms with van der Waals surface area (Å²) in [7, 11) is 0. The Labute approximate surface area is 155 Å². The predicted molar refractivity (Wildman–Crippen MR) is 103 cm³/mol. The highest BCUT2D eigenvalue weighted by Gasteiger charge is 2.19. The second-order valence-corrected chi connectivity index (χ2v) is 7.67. The van der Waals surface area contributed by atoms with Crippen LogP contribution in [0.5, 0.6) is 0 Å². The van der Waals surface area contributed by atoms with Crippen molar-refractivity contribution in [2.24, 2.45) is 0 Å². The van der Waals surface area contributed by atoms with Crippen LogP contribution in [-0.2, 0) is 19.5 Å². The van der Waals surface area contributed by atoms with Crippen molar-refractivity contribution in [3.63, 3.8) is 0 Å². The van der Waals surface area contributed by atoms with E-state index in [-0.39, 0.29) is 0 Å². The fourth-order valence-electron chi connectivity index (χ4n) is 3.38. The van der Waals surface area contributed by atoms with Gasteiger partial charge in [0.25, 0.3) is 0 Å². The zero-order valence-electron chi connectivity index (χ0n) is 14.2. The van der Waals surface area contributed by atoms with Gasteiger partial charge >= 0.3 is 0 Å². The van der Waals surface area contributed by atoms with Gasteiger partial charge < -0.3 is 0 Å². The summed E-state index contributed by atoms with van der Waals surface area (Å²) in [5, 5.41) is 1.33. The van der Waals surface area contributed by atoms with Gasteiger partial charge in [-0.25, -0.2) is 19.9 Å². The van der Waals surface area contributed by atoms with Crippen LogP contribution >= 0.6 is 11.3 Å². The molecule has 26 heavy (non-hydrogen) atoms. The van der Waals surface area contributed by atoms with Gasteiger partial charge in [-0.05, 0) is 29.5 Å². The summed E-state index contributed by atoms with van der Waals surface area (Å²) in [6.07, 6.45) is 7.99. The van der Waals surface area contributed by atoms with Crippen LogP contribution in [0.3, 0.4) is 0 Å². The Balaban J connectivity index is 1.38. The molecule has 6 heteroatoms. The van der Waals surface area contributed by atoms with Crippen LogP contribution in [0.2, 0.25) is 0 Å². The SMILES string of the molecule is c1ccc2sc(CN3CCc4cnc(-c5cncnc5)nc4C3)cc2c1. The second kappa shape index (κ2) is 6.55. The maximum absolute atomic E-state index is 4.79. The topological polar surface area (TPSA) is 54.8 Å². The minimum atomic E-state index is 0.702. The number of thiophene rings is 1. The van der Waals surface area contributed by atoms with Crippen molar-refractivity contribution in [2.45, 2.75) is 19.5 Å². The summed E-state index contributed by atoms with van der Waals surface area (Å²) in [5.74, 6) is 0.702. The molecule has 4 heterocycles. The average Bonchev–Trinajstić information content (AvgIpc) is 3.10. The van der Waals surface area contributed by atoms with Gasteiger partial charge in [0.15, 0.2) is 5.82 Å². The van der Waals surface area contributed by atoms with Crippen molar-refractivity contribution in [2.75, 3.05) is 6.54 Å². The van der Waals surface area contributed by atoms with E-state index in [2.05, 4.69) is 50.2 Å². The molecule has 0 saturated heterocycles. The van der Waals surface area contributed by atoms with E-state index in [1.807, 2.05) is 17.5 Å². The lowest BCUT2D eigenvalue weighted by molar-refractivity contribution is 0.243. The lowest BCUT2D eigenvalue weighted by Crippen LogP contribution is -2.30. The smallest absolute Gasteiger partial charge is 0.162 e. The molecule has 0 bridgehead atoms. The molecule has 0 saturated carbocycles. The number of benzene rings is 1. The fraction of sp³-hybridized carbons (Fsp3) is 0.200. The number of fused-ring (bicyclic) bond motifs is 2. The lowest BCUT2D eigenvalue weighted by Gasteiger charge is -2.27. The van der Waals surface area contributed by atoms with E-state index >= 15 is 0 Å². The van der Waals surface area contributed by atoms with Gasteiger partial charge in [-0.2, -0.15) is 0 Å². The monoisotopic (exact) mass is 359 g/mol. The van der Waals surface area contributed by atoms with Gasteiger partial charge in [-0.1, -0.05) is 18.2 Å². The van der Waals surface area contributed by atoms with Crippen LogP contribution in [-0.4, -0.2) is 31.4 Å². The van der Waals surface area contributed by atoms with Gasteiger partial charge in [0.2, 0.25) is 0 Å². The molecule has 4 aromatic rings. The first-order valence-corrected chi connectivity index (χ1v) is 9.47. The molecule has 0 amide bonds. The third-order valence-corrected chi connectivity index (χ3v) is 5.80. The molecule has 128 valence electrons. The van der Waals surface area contributed by atoms with E-state index in [1.165, 1.54) is 26.9 Å². The van der Waals surface area contributed by atoms with Gasteiger partial charge in [0, 0.05) is 47.8 Å². The Hall–Kier alpha value is -2.70. The van der Waals surface area contributed by atoms with Crippen molar-refractivity contribution in [1.29, 1.82) is 0 Å². The Morgan fingerprint density at radius 3 is 2.85 bits per heavy atom. The van der Waals surface area contributed by atoms with Crippen molar-refractivity contribution in [1.82, 2.24) is 24.8 Å². The second-order valence-electron chi connectivity index (χ2n) is 6.50. The summed E-state index contributed by atoms with van der Waals surface area (Å²) >= 11 is 1.88. The van der Waals surface area contributed by atoms with Crippen LogP contribution in [0.4, 0.5) is 0 Å². The molecule has 1 aliphatic heterocycles. The third kappa shape index (κ3) is 2.98. The molecule has 0 spiro atoms. The summed E-state index contributed by atoms with van der Waals surface area (Å²) < 4.78 is 1.36. The highest BCUT2D eigenvalue weighted by molar-refractivity contribution is 7.19. The summed E-state index contributed by atoms with van der Waals surface area (Å²) in [4.78, 5) is 21.3. The van der Waals surface area contributed by atoms with Crippen LogP contribution in [0, 0.1) is 0 Å². The maximum Gasteiger partial charge on any atom is 0.162 e. The zero-order chi connectivity index (χ0) is 17.3. The van der Waals surface area contributed by atoms with Gasteiger partial charge in [-0.15, -0.1) is 11.3 Å². The molecule has 0 N–H and O–H groups in total. The van der Waals surface area contributed by atoms with Gasteiger partial charge in [0.05, 0.1) is 11.3 Å². The molecule has 1 aliphatic rings. The van der Waals surface area contributed by atoms with Crippen molar-refractivity contribution in [3.8, 4) is 11.4 Å². The highest BCUT2D eigenvalue weighted by atomic mass is 32.1. The molecule has 0 atom stereocenters. The molecule has 3 aromatic heterocycles. The minimum Gasteiger partial charge on any atom is -0.292 e. The lowest BCUT2D eigenvalue weighted by atomic mass is 10.1. The molecule has 5 rings (SSSR count). The van der Waals surface area contributed by atoms with Crippen LogP contribution in [0.25, 0.3) is 21.5 Å². The molecule has 0 aliphatic carbocycles. The van der Waals surface area contributed by atoms with Gasteiger partial charge in [-0.3, -0.25) is 4.90 Å².